The van der Waals surface area contributed by atoms with Gasteiger partial charge in [0.15, 0.2) is 0 Å². The molecular formula is C21H20N4O. The van der Waals surface area contributed by atoms with E-state index in [2.05, 4.69) is 51.8 Å². The van der Waals surface area contributed by atoms with Gasteiger partial charge < -0.3 is 10.6 Å². The normalized spacial score (nSPS) is 12.6. The summed E-state index contributed by atoms with van der Waals surface area (Å²) in [5.74, 6) is 0.543. The van der Waals surface area contributed by atoms with Crippen molar-refractivity contribution in [2.45, 2.75) is 19.8 Å². The predicted octanol–water partition coefficient (Wildman–Crippen LogP) is 3.60. The number of para-hydroxylation sites is 1. The fourth-order valence-corrected chi connectivity index (χ4v) is 3.22. The molecule has 0 saturated heterocycles. The van der Waals surface area contributed by atoms with Crippen molar-refractivity contribution in [3.05, 3.63) is 71.4 Å². The summed E-state index contributed by atoms with van der Waals surface area (Å²) in [5.41, 5.74) is 5.98. The largest absolute Gasteiger partial charge is 0.354 e. The van der Waals surface area contributed by atoms with E-state index in [0.29, 0.717) is 5.95 Å². The number of aryl methyl sites for hydroxylation is 1. The number of carbonyl (C=O) groups excluding carboxylic acids is 1. The Bertz CT molecular complexity index is 968. The Morgan fingerprint density at radius 1 is 1.12 bits per heavy atom. The average molecular weight is 344 g/mol. The van der Waals surface area contributed by atoms with Crippen LogP contribution in [0.4, 0.5) is 11.6 Å². The number of fused-ring (bicyclic) bond motifs is 3. The first-order valence-corrected chi connectivity index (χ1v) is 8.74. The van der Waals surface area contributed by atoms with Gasteiger partial charge in [-0.05, 0) is 30.5 Å². The molecule has 0 fully saturated rings. The number of nitrogens with zero attached hydrogens (tertiary/aromatic N) is 2. The lowest BCUT2D eigenvalue weighted by atomic mass is 10.1. The molecule has 0 bridgehead atoms. The lowest BCUT2D eigenvalue weighted by molar-refractivity contribution is -0.115. The number of amides is 1. The van der Waals surface area contributed by atoms with Crippen molar-refractivity contribution >= 4 is 17.5 Å². The van der Waals surface area contributed by atoms with Crippen LogP contribution in [0.15, 0.2) is 54.7 Å². The van der Waals surface area contributed by atoms with Gasteiger partial charge in [0, 0.05) is 23.9 Å². The van der Waals surface area contributed by atoms with Crippen LogP contribution in [0.1, 0.15) is 16.7 Å². The summed E-state index contributed by atoms with van der Waals surface area (Å²) in [7, 11) is 0. The van der Waals surface area contributed by atoms with Gasteiger partial charge in [0.1, 0.15) is 0 Å². The SMILES string of the molecule is Cc1ccccc1CCNc1ncc2c(n1)-c1ccccc1NC(=O)C2. The Hall–Kier alpha value is -3.21. The summed E-state index contributed by atoms with van der Waals surface area (Å²) < 4.78 is 0. The summed E-state index contributed by atoms with van der Waals surface area (Å²) in [5, 5.41) is 6.24. The van der Waals surface area contributed by atoms with Crippen molar-refractivity contribution in [1.82, 2.24) is 9.97 Å². The Morgan fingerprint density at radius 3 is 2.81 bits per heavy atom. The number of benzene rings is 2. The molecule has 0 radical (unpaired) electrons. The maximum Gasteiger partial charge on any atom is 0.228 e. The van der Waals surface area contributed by atoms with Crippen molar-refractivity contribution in [2.75, 3.05) is 17.2 Å². The second-order valence-corrected chi connectivity index (χ2v) is 6.44. The van der Waals surface area contributed by atoms with Crippen LogP contribution in [0.3, 0.4) is 0 Å². The van der Waals surface area contributed by atoms with Crippen LogP contribution >= 0.6 is 0 Å². The third-order valence-electron chi connectivity index (χ3n) is 4.61. The average Bonchev–Trinajstić information content (AvgIpc) is 2.78. The zero-order valence-electron chi connectivity index (χ0n) is 14.6. The first-order valence-electron chi connectivity index (χ1n) is 8.74. The molecule has 0 aliphatic carbocycles. The molecule has 2 aromatic carbocycles. The molecule has 2 N–H and O–H groups in total. The maximum atomic E-state index is 12.1. The molecule has 26 heavy (non-hydrogen) atoms. The van der Waals surface area contributed by atoms with Crippen molar-refractivity contribution in [2.24, 2.45) is 0 Å². The molecule has 2 heterocycles. The van der Waals surface area contributed by atoms with Gasteiger partial charge in [-0.1, -0.05) is 42.5 Å². The van der Waals surface area contributed by atoms with Crippen molar-refractivity contribution in [3.63, 3.8) is 0 Å². The van der Waals surface area contributed by atoms with E-state index in [1.807, 2.05) is 24.3 Å². The van der Waals surface area contributed by atoms with Crippen molar-refractivity contribution < 1.29 is 4.79 Å². The Labute approximate surface area is 152 Å². The van der Waals surface area contributed by atoms with Crippen LogP contribution in [-0.4, -0.2) is 22.4 Å². The first kappa shape index (κ1) is 16.3. The zero-order chi connectivity index (χ0) is 17.9. The highest BCUT2D eigenvalue weighted by Gasteiger charge is 2.20. The highest BCUT2D eigenvalue weighted by molar-refractivity contribution is 5.99. The van der Waals surface area contributed by atoms with Crippen LogP contribution in [0.5, 0.6) is 0 Å². The van der Waals surface area contributed by atoms with E-state index in [1.54, 1.807) is 6.20 Å². The van der Waals surface area contributed by atoms with Gasteiger partial charge in [0.25, 0.3) is 0 Å². The van der Waals surface area contributed by atoms with Gasteiger partial charge in [0.05, 0.1) is 17.8 Å². The third kappa shape index (κ3) is 3.28. The molecule has 130 valence electrons. The van der Waals surface area contributed by atoms with Gasteiger partial charge in [-0.25, -0.2) is 9.97 Å². The monoisotopic (exact) mass is 344 g/mol. The molecule has 0 saturated carbocycles. The summed E-state index contributed by atoms with van der Waals surface area (Å²) in [6.45, 7) is 2.87. The van der Waals surface area contributed by atoms with E-state index < -0.39 is 0 Å². The molecule has 1 aromatic heterocycles. The summed E-state index contributed by atoms with van der Waals surface area (Å²) in [6, 6.07) is 16.1. The Kier molecular flexibility index (Phi) is 4.35. The molecular weight excluding hydrogens is 324 g/mol. The van der Waals surface area contributed by atoms with E-state index in [-0.39, 0.29) is 12.3 Å². The summed E-state index contributed by atoms with van der Waals surface area (Å²) in [6.07, 6.45) is 2.94. The minimum absolute atomic E-state index is 0.0416. The number of rotatable bonds is 4. The van der Waals surface area contributed by atoms with E-state index in [0.717, 1.165) is 35.5 Å². The maximum absolute atomic E-state index is 12.1. The number of hydrogen-bond acceptors (Lipinski definition) is 4. The van der Waals surface area contributed by atoms with E-state index in [4.69, 9.17) is 0 Å². The fraction of sp³-hybridized carbons (Fsp3) is 0.190. The highest BCUT2D eigenvalue weighted by Crippen LogP contribution is 2.32. The molecule has 0 unspecified atom stereocenters. The first-order chi connectivity index (χ1) is 12.7. The third-order valence-corrected chi connectivity index (χ3v) is 4.61. The minimum atomic E-state index is -0.0416. The van der Waals surface area contributed by atoms with Crippen LogP contribution in [0.2, 0.25) is 0 Å². The van der Waals surface area contributed by atoms with Gasteiger partial charge in [0.2, 0.25) is 11.9 Å². The van der Waals surface area contributed by atoms with Gasteiger partial charge in [-0.2, -0.15) is 0 Å². The van der Waals surface area contributed by atoms with Crippen molar-refractivity contribution in [1.29, 1.82) is 0 Å². The molecule has 4 rings (SSSR count). The number of nitrogens with one attached hydrogen (secondary N) is 2. The van der Waals surface area contributed by atoms with E-state index in [9.17, 15) is 4.79 Å². The van der Waals surface area contributed by atoms with Crippen LogP contribution in [0, 0.1) is 6.92 Å². The molecule has 0 atom stereocenters. The molecule has 1 aliphatic rings. The second kappa shape index (κ2) is 6.96. The minimum Gasteiger partial charge on any atom is -0.354 e. The Balaban J connectivity index is 1.57. The van der Waals surface area contributed by atoms with Gasteiger partial charge in [-0.3, -0.25) is 4.79 Å². The molecule has 1 amide bonds. The molecule has 3 aromatic rings. The molecule has 5 nitrogen and oxygen atoms in total. The molecule has 0 spiro atoms. The molecule has 5 heteroatoms. The van der Waals surface area contributed by atoms with Crippen molar-refractivity contribution in [3.8, 4) is 11.3 Å². The van der Waals surface area contributed by atoms with Crippen LogP contribution in [-0.2, 0) is 17.6 Å². The number of anilines is 2. The number of aromatic nitrogens is 2. The summed E-state index contributed by atoms with van der Waals surface area (Å²) in [4.78, 5) is 21.2. The summed E-state index contributed by atoms with van der Waals surface area (Å²) >= 11 is 0. The lowest BCUT2D eigenvalue weighted by Gasteiger charge is -2.11. The predicted molar refractivity (Wildman–Crippen MR) is 103 cm³/mol. The van der Waals surface area contributed by atoms with E-state index >= 15 is 0 Å². The Morgan fingerprint density at radius 2 is 1.92 bits per heavy atom. The second-order valence-electron chi connectivity index (χ2n) is 6.44. The zero-order valence-corrected chi connectivity index (χ0v) is 14.6. The fourth-order valence-electron chi connectivity index (χ4n) is 3.22. The van der Waals surface area contributed by atoms with E-state index in [1.165, 1.54) is 11.1 Å². The standard InChI is InChI=1S/C21H20N4O/c1-14-6-2-3-7-15(14)10-11-22-21-23-13-16-12-19(26)24-18-9-5-4-8-17(18)20(16)25-21/h2-9,13H,10-12H2,1H3,(H,24,26)(H,22,23,25). The highest BCUT2D eigenvalue weighted by atomic mass is 16.1. The van der Waals surface area contributed by atoms with Gasteiger partial charge in [-0.15, -0.1) is 0 Å². The quantitative estimate of drug-likeness (QED) is 0.759. The van der Waals surface area contributed by atoms with Crippen LogP contribution < -0.4 is 10.6 Å². The van der Waals surface area contributed by atoms with Gasteiger partial charge >= 0.3 is 0 Å². The smallest absolute Gasteiger partial charge is 0.228 e. The van der Waals surface area contributed by atoms with Crippen LogP contribution in [0.25, 0.3) is 11.3 Å². The lowest BCUT2D eigenvalue weighted by Crippen LogP contribution is -2.13. The number of hydrogen-bond donors (Lipinski definition) is 2. The molecule has 1 aliphatic heterocycles. The number of carbonyl (C=O) groups is 1. The topological polar surface area (TPSA) is 66.9 Å².